The van der Waals surface area contributed by atoms with Crippen LogP contribution < -0.4 is 5.32 Å². The first kappa shape index (κ1) is 17.7. The van der Waals surface area contributed by atoms with Crippen molar-refractivity contribution >= 4 is 17.5 Å². The van der Waals surface area contributed by atoms with Crippen molar-refractivity contribution in [1.82, 2.24) is 10.2 Å². The molecule has 1 aromatic rings. The van der Waals surface area contributed by atoms with Crippen molar-refractivity contribution in [1.29, 1.82) is 0 Å². The minimum Gasteiger partial charge on any atom is -0.352 e. The lowest BCUT2D eigenvalue weighted by Crippen LogP contribution is -2.48. The first-order valence-electron chi connectivity index (χ1n) is 8.71. The van der Waals surface area contributed by atoms with Crippen LogP contribution in [0.3, 0.4) is 0 Å². The van der Waals surface area contributed by atoms with Crippen molar-refractivity contribution in [2.24, 2.45) is 0 Å². The number of benzene rings is 1. The zero-order valence-electron chi connectivity index (χ0n) is 13.9. The second-order valence-electron chi connectivity index (χ2n) is 6.33. The molecule has 1 atom stereocenters. The molecule has 1 N–H and O–H groups in total. The SMILES string of the molecule is O=C(CCN1CCCCC1C1OCCO1)NCc1ccccc1Cl. The van der Waals surface area contributed by atoms with Gasteiger partial charge >= 0.3 is 0 Å². The minimum absolute atomic E-state index is 0.0486. The van der Waals surface area contributed by atoms with E-state index in [1.54, 1.807) is 0 Å². The molecule has 3 rings (SSSR count). The maximum absolute atomic E-state index is 12.2. The molecule has 1 amide bonds. The molecular formula is C18H25ClN2O3. The Balaban J connectivity index is 1.45. The third-order valence-electron chi connectivity index (χ3n) is 4.69. The first-order valence-corrected chi connectivity index (χ1v) is 9.09. The lowest BCUT2D eigenvalue weighted by atomic mass is 10.0. The molecule has 6 heteroatoms. The summed E-state index contributed by atoms with van der Waals surface area (Å²) in [5, 5.41) is 3.64. The van der Waals surface area contributed by atoms with Gasteiger partial charge < -0.3 is 14.8 Å². The molecule has 0 spiro atoms. The fourth-order valence-electron chi connectivity index (χ4n) is 3.37. The van der Waals surface area contributed by atoms with Crippen LogP contribution in [0.15, 0.2) is 24.3 Å². The number of amides is 1. The molecule has 2 aliphatic heterocycles. The highest BCUT2D eigenvalue weighted by Gasteiger charge is 2.33. The number of nitrogens with zero attached hydrogens (tertiary/aromatic N) is 1. The van der Waals surface area contributed by atoms with Crippen molar-refractivity contribution in [3.63, 3.8) is 0 Å². The van der Waals surface area contributed by atoms with Gasteiger partial charge in [-0.2, -0.15) is 0 Å². The number of likely N-dealkylation sites (tertiary alicyclic amines) is 1. The number of carbonyl (C=O) groups excluding carboxylic acids is 1. The van der Waals surface area contributed by atoms with E-state index >= 15 is 0 Å². The van der Waals surface area contributed by atoms with Gasteiger partial charge in [-0.15, -0.1) is 0 Å². The van der Waals surface area contributed by atoms with Crippen LogP contribution in [0.2, 0.25) is 5.02 Å². The number of hydrogen-bond acceptors (Lipinski definition) is 4. The van der Waals surface area contributed by atoms with Crippen LogP contribution in [0.4, 0.5) is 0 Å². The summed E-state index contributed by atoms with van der Waals surface area (Å²) in [7, 11) is 0. The molecule has 2 fully saturated rings. The van der Waals surface area contributed by atoms with E-state index in [9.17, 15) is 4.79 Å². The van der Waals surface area contributed by atoms with Crippen molar-refractivity contribution < 1.29 is 14.3 Å². The summed E-state index contributed by atoms with van der Waals surface area (Å²) in [4.78, 5) is 14.5. The number of piperidine rings is 1. The Kier molecular flexibility index (Phi) is 6.49. The molecule has 0 radical (unpaired) electrons. The molecule has 2 heterocycles. The van der Waals surface area contributed by atoms with Gasteiger partial charge in [0, 0.05) is 24.5 Å². The molecular weight excluding hydrogens is 328 g/mol. The number of nitrogens with one attached hydrogen (secondary N) is 1. The van der Waals surface area contributed by atoms with Crippen LogP contribution in [0.25, 0.3) is 0 Å². The highest BCUT2D eigenvalue weighted by atomic mass is 35.5. The summed E-state index contributed by atoms with van der Waals surface area (Å²) in [5.74, 6) is 0.0486. The van der Waals surface area contributed by atoms with Gasteiger partial charge in [0.15, 0.2) is 6.29 Å². The van der Waals surface area contributed by atoms with Gasteiger partial charge in [-0.05, 0) is 31.0 Å². The van der Waals surface area contributed by atoms with Crippen molar-refractivity contribution in [3.05, 3.63) is 34.9 Å². The standard InChI is InChI=1S/C18H25ClN2O3/c19-15-6-2-1-5-14(15)13-20-17(22)8-10-21-9-4-3-7-16(21)18-23-11-12-24-18/h1-2,5-6,16,18H,3-4,7-13H2,(H,20,22). The van der Waals surface area contributed by atoms with Gasteiger partial charge in [0.1, 0.15) is 0 Å². The number of hydrogen-bond donors (Lipinski definition) is 1. The van der Waals surface area contributed by atoms with E-state index in [1.165, 1.54) is 12.8 Å². The molecule has 132 valence electrons. The second kappa shape index (κ2) is 8.81. The molecule has 0 bridgehead atoms. The number of halogens is 1. The van der Waals surface area contributed by atoms with Crippen LogP contribution in [0, 0.1) is 0 Å². The van der Waals surface area contributed by atoms with E-state index in [2.05, 4.69) is 10.2 Å². The van der Waals surface area contributed by atoms with Crippen molar-refractivity contribution in [2.45, 2.75) is 44.6 Å². The van der Waals surface area contributed by atoms with E-state index in [0.29, 0.717) is 31.2 Å². The average Bonchev–Trinajstić information content (AvgIpc) is 3.14. The quantitative estimate of drug-likeness (QED) is 0.855. The Morgan fingerprint density at radius 3 is 2.83 bits per heavy atom. The average molecular weight is 353 g/mol. The summed E-state index contributed by atoms with van der Waals surface area (Å²) >= 11 is 6.11. The van der Waals surface area contributed by atoms with Gasteiger partial charge in [0.05, 0.1) is 19.3 Å². The Hall–Kier alpha value is -1.14. The number of carbonyl (C=O) groups is 1. The van der Waals surface area contributed by atoms with Crippen LogP contribution in [0.5, 0.6) is 0 Å². The Morgan fingerprint density at radius 2 is 2.04 bits per heavy atom. The van der Waals surface area contributed by atoms with Crippen LogP contribution >= 0.6 is 11.6 Å². The predicted molar refractivity (Wildman–Crippen MR) is 92.8 cm³/mol. The summed E-state index contributed by atoms with van der Waals surface area (Å²) in [6.07, 6.45) is 3.80. The summed E-state index contributed by atoms with van der Waals surface area (Å²) < 4.78 is 11.3. The molecule has 1 unspecified atom stereocenters. The third kappa shape index (κ3) is 4.70. The van der Waals surface area contributed by atoms with Crippen LogP contribution in [-0.2, 0) is 20.8 Å². The Morgan fingerprint density at radius 1 is 1.25 bits per heavy atom. The lowest BCUT2D eigenvalue weighted by Gasteiger charge is -2.37. The van der Waals surface area contributed by atoms with E-state index in [1.807, 2.05) is 24.3 Å². The van der Waals surface area contributed by atoms with Gasteiger partial charge in [-0.25, -0.2) is 0 Å². The smallest absolute Gasteiger partial charge is 0.221 e. The zero-order chi connectivity index (χ0) is 16.8. The molecule has 0 saturated carbocycles. The minimum atomic E-state index is -0.128. The maximum Gasteiger partial charge on any atom is 0.221 e. The molecule has 1 aromatic carbocycles. The Labute approximate surface area is 148 Å². The van der Waals surface area contributed by atoms with E-state index in [-0.39, 0.29) is 18.2 Å². The summed E-state index contributed by atoms with van der Waals surface area (Å²) in [6.45, 7) is 3.56. The van der Waals surface area contributed by atoms with Crippen molar-refractivity contribution in [2.75, 3.05) is 26.3 Å². The lowest BCUT2D eigenvalue weighted by molar-refractivity contribution is -0.125. The highest BCUT2D eigenvalue weighted by molar-refractivity contribution is 6.31. The van der Waals surface area contributed by atoms with Gasteiger partial charge in [-0.1, -0.05) is 36.2 Å². The highest BCUT2D eigenvalue weighted by Crippen LogP contribution is 2.24. The second-order valence-corrected chi connectivity index (χ2v) is 6.73. The van der Waals surface area contributed by atoms with E-state index < -0.39 is 0 Å². The van der Waals surface area contributed by atoms with Crippen molar-refractivity contribution in [3.8, 4) is 0 Å². The fraction of sp³-hybridized carbons (Fsp3) is 0.611. The summed E-state index contributed by atoms with van der Waals surface area (Å²) in [5.41, 5.74) is 0.941. The third-order valence-corrected chi connectivity index (χ3v) is 5.05. The molecule has 24 heavy (non-hydrogen) atoms. The molecule has 0 aliphatic carbocycles. The largest absolute Gasteiger partial charge is 0.352 e. The van der Waals surface area contributed by atoms with E-state index in [0.717, 1.165) is 25.1 Å². The van der Waals surface area contributed by atoms with Gasteiger partial charge in [0.25, 0.3) is 0 Å². The predicted octanol–water partition coefficient (Wildman–Crippen LogP) is 2.57. The molecule has 5 nitrogen and oxygen atoms in total. The first-order chi connectivity index (χ1) is 11.7. The van der Waals surface area contributed by atoms with Crippen LogP contribution in [-0.4, -0.2) is 49.4 Å². The summed E-state index contributed by atoms with van der Waals surface area (Å²) in [6, 6.07) is 7.85. The monoisotopic (exact) mass is 352 g/mol. The maximum atomic E-state index is 12.2. The molecule has 0 aromatic heterocycles. The van der Waals surface area contributed by atoms with E-state index in [4.69, 9.17) is 21.1 Å². The topological polar surface area (TPSA) is 50.8 Å². The Bertz CT molecular complexity index is 549. The van der Waals surface area contributed by atoms with Gasteiger partial charge in [0.2, 0.25) is 5.91 Å². The molecule has 2 saturated heterocycles. The van der Waals surface area contributed by atoms with Crippen LogP contribution in [0.1, 0.15) is 31.2 Å². The normalized spacial score (nSPS) is 22.6. The molecule has 2 aliphatic rings. The zero-order valence-corrected chi connectivity index (χ0v) is 14.6. The number of ether oxygens (including phenoxy) is 2. The number of rotatable bonds is 6. The fourth-order valence-corrected chi connectivity index (χ4v) is 3.57. The van der Waals surface area contributed by atoms with Gasteiger partial charge in [-0.3, -0.25) is 9.69 Å².